The number of halogens is 1. The molecule has 7 heteroatoms. The first kappa shape index (κ1) is 16.9. The summed E-state index contributed by atoms with van der Waals surface area (Å²) in [4.78, 5) is 21.9. The van der Waals surface area contributed by atoms with Gasteiger partial charge < -0.3 is 10.3 Å². The van der Waals surface area contributed by atoms with Crippen LogP contribution < -0.4 is 10.9 Å². The molecule has 26 heavy (non-hydrogen) atoms. The molecular weight excluding hydrogens is 369 g/mol. The summed E-state index contributed by atoms with van der Waals surface area (Å²) in [6, 6.07) is 8.67. The minimum absolute atomic E-state index is 0.154. The number of H-pyrrole nitrogens is 1. The average molecular weight is 385 g/mol. The number of thiophene rings is 2. The monoisotopic (exact) mass is 385 g/mol. The van der Waals surface area contributed by atoms with Crippen molar-refractivity contribution in [2.24, 2.45) is 0 Å². The maximum atomic E-state index is 13.7. The van der Waals surface area contributed by atoms with Crippen LogP contribution in [0.2, 0.25) is 0 Å². The summed E-state index contributed by atoms with van der Waals surface area (Å²) in [5.74, 6) is 0.265. The van der Waals surface area contributed by atoms with E-state index in [-0.39, 0.29) is 17.4 Å². The van der Waals surface area contributed by atoms with Crippen LogP contribution in [0, 0.1) is 12.7 Å². The van der Waals surface area contributed by atoms with E-state index in [0.29, 0.717) is 27.3 Å². The van der Waals surface area contributed by atoms with Crippen LogP contribution in [0.3, 0.4) is 0 Å². The smallest absolute Gasteiger partial charge is 0.260 e. The Morgan fingerprint density at radius 2 is 2.12 bits per heavy atom. The highest BCUT2D eigenvalue weighted by atomic mass is 32.1. The van der Waals surface area contributed by atoms with Gasteiger partial charge in [-0.1, -0.05) is 12.1 Å². The number of rotatable bonds is 4. The lowest BCUT2D eigenvalue weighted by molar-refractivity contribution is 0.618. The summed E-state index contributed by atoms with van der Waals surface area (Å²) in [5.41, 5.74) is 2.00. The normalized spacial score (nSPS) is 12.4. The van der Waals surface area contributed by atoms with Crippen molar-refractivity contribution < 1.29 is 4.39 Å². The molecule has 4 nitrogen and oxygen atoms in total. The fourth-order valence-electron chi connectivity index (χ4n) is 2.78. The van der Waals surface area contributed by atoms with E-state index in [1.165, 1.54) is 17.4 Å². The summed E-state index contributed by atoms with van der Waals surface area (Å²) >= 11 is 3.05. The van der Waals surface area contributed by atoms with Crippen molar-refractivity contribution in [1.29, 1.82) is 0 Å². The predicted octanol–water partition coefficient (Wildman–Crippen LogP) is 5.33. The quantitative estimate of drug-likeness (QED) is 0.499. The third-order valence-corrected chi connectivity index (χ3v) is 5.99. The molecule has 0 fully saturated rings. The van der Waals surface area contributed by atoms with Crippen molar-refractivity contribution in [2.45, 2.75) is 19.9 Å². The van der Waals surface area contributed by atoms with Gasteiger partial charge in [-0.2, -0.15) is 0 Å². The van der Waals surface area contributed by atoms with Gasteiger partial charge in [-0.05, 0) is 43.0 Å². The van der Waals surface area contributed by atoms with Gasteiger partial charge in [0.2, 0.25) is 0 Å². The first-order chi connectivity index (χ1) is 12.5. The second kappa shape index (κ2) is 6.66. The van der Waals surface area contributed by atoms with E-state index in [0.717, 1.165) is 10.4 Å². The molecule has 0 spiro atoms. The second-order valence-electron chi connectivity index (χ2n) is 6.09. The molecule has 0 saturated carbocycles. The first-order valence-corrected chi connectivity index (χ1v) is 9.87. The van der Waals surface area contributed by atoms with Crippen molar-refractivity contribution in [2.75, 3.05) is 5.32 Å². The summed E-state index contributed by atoms with van der Waals surface area (Å²) in [6.07, 6.45) is 0. The van der Waals surface area contributed by atoms with Gasteiger partial charge in [0, 0.05) is 21.5 Å². The van der Waals surface area contributed by atoms with Crippen LogP contribution in [0.4, 0.5) is 10.1 Å². The molecule has 132 valence electrons. The molecule has 3 heterocycles. The Morgan fingerprint density at radius 1 is 1.27 bits per heavy atom. The van der Waals surface area contributed by atoms with Crippen LogP contribution in [-0.2, 0) is 0 Å². The van der Waals surface area contributed by atoms with E-state index in [9.17, 15) is 9.18 Å². The van der Waals surface area contributed by atoms with Crippen LogP contribution in [-0.4, -0.2) is 9.97 Å². The number of hydrogen-bond acceptors (Lipinski definition) is 5. The Kier molecular flexibility index (Phi) is 4.34. The van der Waals surface area contributed by atoms with Crippen LogP contribution >= 0.6 is 22.7 Å². The molecule has 0 aliphatic heterocycles. The molecule has 0 amide bonds. The molecule has 0 radical (unpaired) electrons. The molecule has 1 atom stereocenters. The number of anilines is 1. The number of aromatic amines is 1. The van der Waals surface area contributed by atoms with Gasteiger partial charge in [0.25, 0.3) is 5.56 Å². The van der Waals surface area contributed by atoms with E-state index in [4.69, 9.17) is 0 Å². The third-order valence-electron chi connectivity index (χ3n) is 4.21. The summed E-state index contributed by atoms with van der Waals surface area (Å²) < 4.78 is 13.7. The average Bonchev–Trinajstić information content (AvgIpc) is 3.27. The Bertz CT molecular complexity index is 1130. The van der Waals surface area contributed by atoms with Gasteiger partial charge in [-0.25, -0.2) is 9.37 Å². The van der Waals surface area contributed by atoms with Gasteiger partial charge in [-0.15, -0.1) is 22.7 Å². The molecule has 0 unspecified atom stereocenters. The van der Waals surface area contributed by atoms with E-state index in [1.807, 2.05) is 35.9 Å². The number of hydrogen-bond donors (Lipinski definition) is 2. The zero-order valence-electron chi connectivity index (χ0n) is 14.2. The highest BCUT2D eigenvalue weighted by Gasteiger charge is 2.16. The largest absolute Gasteiger partial charge is 0.375 e. The van der Waals surface area contributed by atoms with E-state index in [2.05, 4.69) is 15.3 Å². The molecule has 3 aromatic heterocycles. The molecule has 2 N–H and O–H groups in total. The first-order valence-electron chi connectivity index (χ1n) is 8.11. The number of aromatic nitrogens is 2. The molecule has 4 aromatic rings. The highest BCUT2D eigenvalue weighted by molar-refractivity contribution is 7.18. The standard InChI is InChI=1S/C19H16FN3OS2/c1-10-5-6-12(8-14(10)20)21-11(2)17-22-18(24)16-13(9-26-19(16)23-17)15-4-3-7-25-15/h3-9,11,21H,1-2H3,(H,22,23,24)/t11-/m0/s1. The molecule has 0 aliphatic rings. The van der Waals surface area contributed by atoms with Crippen LogP contribution in [0.15, 0.2) is 45.9 Å². The van der Waals surface area contributed by atoms with Crippen LogP contribution in [0.25, 0.3) is 20.7 Å². The number of nitrogens with zero attached hydrogens (tertiary/aromatic N) is 1. The molecular formula is C19H16FN3OS2. The van der Waals surface area contributed by atoms with Gasteiger partial charge in [0.1, 0.15) is 16.5 Å². The van der Waals surface area contributed by atoms with Crippen molar-refractivity contribution in [3.8, 4) is 10.4 Å². The van der Waals surface area contributed by atoms with E-state index in [1.54, 1.807) is 24.3 Å². The van der Waals surface area contributed by atoms with Gasteiger partial charge in [0.05, 0.1) is 11.4 Å². The fourth-order valence-corrected chi connectivity index (χ4v) is 4.55. The van der Waals surface area contributed by atoms with E-state index >= 15 is 0 Å². The van der Waals surface area contributed by atoms with Gasteiger partial charge in [0.15, 0.2) is 0 Å². The Hall–Kier alpha value is -2.51. The van der Waals surface area contributed by atoms with Crippen molar-refractivity contribution in [1.82, 2.24) is 9.97 Å². The predicted molar refractivity (Wildman–Crippen MR) is 107 cm³/mol. The molecule has 4 rings (SSSR count). The fraction of sp³-hybridized carbons (Fsp3) is 0.158. The van der Waals surface area contributed by atoms with Crippen molar-refractivity contribution in [3.05, 3.63) is 68.7 Å². The lowest BCUT2D eigenvalue weighted by Crippen LogP contribution is -2.17. The molecule has 1 aromatic carbocycles. The second-order valence-corrected chi connectivity index (χ2v) is 7.89. The van der Waals surface area contributed by atoms with Gasteiger partial charge >= 0.3 is 0 Å². The summed E-state index contributed by atoms with van der Waals surface area (Å²) in [6.45, 7) is 3.60. The molecule has 0 aliphatic carbocycles. The lowest BCUT2D eigenvalue weighted by Gasteiger charge is -2.15. The topological polar surface area (TPSA) is 57.8 Å². The summed E-state index contributed by atoms with van der Waals surface area (Å²) in [5, 5.41) is 7.76. The number of fused-ring (bicyclic) bond motifs is 1. The lowest BCUT2D eigenvalue weighted by atomic mass is 10.2. The number of aryl methyl sites for hydroxylation is 1. The SMILES string of the molecule is Cc1ccc(N[C@@H](C)c2nc3scc(-c4cccs4)c3c(=O)[nH]2)cc1F. The van der Waals surface area contributed by atoms with Crippen molar-refractivity contribution in [3.63, 3.8) is 0 Å². The van der Waals surface area contributed by atoms with E-state index < -0.39 is 0 Å². The minimum atomic E-state index is -0.266. The van der Waals surface area contributed by atoms with Crippen LogP contribution in [0.5, 0.6) is 0 Å². The molecule has 0 saturated heterocycles. The van der Waals surface area contributed by atoms with Crippen LogP contribution in [0.1, 0.15) is 24.4 Å². The Balaban J connectivity index is 1.69. The Morgan fingerprint density at radius 3 is 2.85 bits per heavy atom. The maximum absolute atomic E-state index is 13.7. The zero-order valence-corrected chi connectivity index (χ0v) is 15.8. The Labute approximate surface area is 157 Å². The minimum Gasteiger partial charge on any atom is -0.375 e. The molecule has 0 bridgehead atoms. The highest BCUT2D eigenvalue weighted by Crippen LogP contribution is 2.33. The zero-order chi connectivity index (χ0) is 18.3. The third kappa shape index (κ3) is 3.04. The number of benzene rings is 1. The maximum Gasteiger partial charge on any atom is 0.260 e. The summed E-state index contributed by atoms with van der Waals surface area (Å²) in [7, 11) is 0. The van der Waals surface area contributed by atoms with Crippen molar-refractivity contribution >= 4 is 38.6 Å². The van der Waals surface area contributed by atoms with Gasteiger partial charge in [-0.3, -0.25) is 4.79 Å². The number of nitrogens with one attached hydrogen (secondary N) is 2.